The van der Waals surface area contributed by atoms with Crippen LogP contribution >= 0.6 is 11.6 Å². The quantitative estimate of drug-likeness (QED) is 0.834. The van der Waals surface area contributed by atoms with Gasteiger partial charge >= 0.3 is 0 Å². The van der Waals surface area contributed by atoms with Gasteiger partial charge in [-0.15, -0.1) is 6.58 Å². The highest BCUT2D eigenvalue weighted by atomic mass is 35.5. The van der Waals surface area contributed by atoms with Gasteiger partial charge in [0.05, 0.1) is 5.56 Å². The van der Waals surface area contributed by atoms with Gasteiger partial charge in [0.1, 0.15) is 0 Å². The first-order valence-electron chi connectivity index (χ1n) is 8.14. The van der Waals surface area contributed by atoms with Gasteiger partial charge in [0, 0.05) is 55.8 Å². The summed E-state index contributed by atoms with van der Waals surface area (Å²) >= 11 is 6.05. The fourth-order valence-corrected chi connectivity index (χ4v) is 2.90. The third kappa shape index (κ3) is 4.28. The average molecular weight is 358 g/mol. The molecule has 1 aromatic carbocycles. The van der Waals surface area contributed by atoms with Crippen LogP contribution in [0.5, 0.6) is 0 Å². The fourth-order valence-electron chi connectivity index (χ4n) is 2.72. The van der Waals surface area contributed by atoms with Crippen molar-refractivity contribution < 1.29 is 4.79 Å². The van der Waals surface area contributed by atoms with Crippen molar-refractivity contribution >= 4 is 29.1 Å². The molecule has 0 atom stereocenters. The molecule has 6 nitrogen and oxygen atoms in total. The number of hydrogen-bond donors (Lipinski definition) is 1. The van der Waals surface area contributed by atoms with E-state index in [-0.39, 0.29) is 5.91 Å². The maximum absolute atomic E-state index is 12.6. The van der Waals surface area contributed by atoms with Crippen molar-refractivity contribution in [1.82, 2.24) is 14.9 Å². The van der Waals surface area contributed by atoms with Crippen molar-refractivity contribution in [2.45, 2.75) is 0 Å². The number of carbonyl (C=O) groups is 1. The maximum Gasteiger partial charge on any atom is 0.257 e. The molecule has 1 aliphatic rings. The molecule has 3 rings (SSSR count). The third-order valence-electron chi connectivity index (χ3n) is 4.04. The van der Waals surface area contributed by atoms with Gasteiger partial charge in [0.25, 0.3) is 5.91 Å². The molecule has 0 bridgehead atoms. The van der Waals surface area contributed by atoms with Gasteiger partial charge in [-0.05, 0) is 18.2 Å². The second-order valence-electron chi connectivity index (χ2n) is 5.72. The number of piperazine rings is 1. The Morgan fingerprint density at radius 2 is 1.96 bits per heavy atom. The molecule has 2 heterocycles. The number of amides is 1. The summed E-state index contributed by atoms with van der Waals surface area (Å²) in [7, 11) is 0. The molecule has 0 spiro atoms. The van der Waals surface area contributed by atoms with Crippen molar-refractivity contribution in [2.24, 2.45) is 0 Å². The van der Waals surface area contributed by atoms with Crippen LogP contribution in [0.2, 0.25) is 5.02 Å². The van der Waals surface area contributed by atoms with Crippen LogP contribution in [0.1, 0.15) is 10.4 Å². The van der Waals surface area contributed by atoms with Crippen LogP contribution in [-0.4, -0.2) is 53.5 Å². The minimum Gasteiger partial charge on any atom is -0.368 e. The Morgan fingerprint density at radius 3 is 2.60 bits per heavy atom. The van der Waals surface area contributed by atoms with Gasteiger partial charge in [-0.25, -0.2) is 9.97 Å². The number of nitrogens with zero attached hydrogens (tertiary/aromatic N) is 4. The Hall–Kier alpha value is -2.60. The molecular formula is C18H20ClN5O. The summed E-state index contributed by atoms with van der Waals surface area (Å²) in [5.41, 5.74) is 1.58. The molecule has 2 aromatic rings. The lowest BCUT2D eigenvalue weighted by atomic mass is 10.2. The molecule has 0 unspecified atom stereocenters. The Balaban J connectivity index is 1.58. The Labute approximate surface area is 152 Å². The van der Waals surface area contributed by atoms with Gasteiger partial charge in [-0.1, -0.05) is 23.7 Å². The molecule has 1 aromatic heterocycles. The Morgan fingerprint density at radius 1 is 1.24 bits per heavy atom. The minimum absolute atomic E-state index is 0.0407. The highest BCUT2D eigenvalue weighted by Crippen LogP contribution is 2.21. The smallest absolute Gasteiger partial charge is 0.257 e. The Kier molecular flexibility index (Phi) is 5.50. The van der Waals surface area contributed by atoms with Gasteiger partial charge in [0.15, 0.2) is 0 Å². The maximum atomic E-state index is 12.6. The number of aromatic nitrogens is 2. The monoisotopic (exact) mass is 357 g/mol. The summed E-state index contributed by atoms with van der Waals surface area (Å²) < 4.78 is 0. The van der Waals surface area contributed by atoms with Crippen molar-refractivity contribution in [3.63, 3.8) is 0 Å². The van der Waals surface area contributed by atoms with Crippen molar-refractivity contribution in [1.29, 1.82) is 0 Å². The summed E-state index contributed by atoms with van der Waals surface area (Å²) in [6.45, 7) is 7.06. The molecule has 1 aliphatic heterocycles. The lowest BCUT2D eigenvalue weighted by molar-refractivity contribution is 0.0746. The molecule has 0 saturated carbocycles. The normalized spacial score (nSPS) is 14.3. The molecule has 1 amide bonds. The first-order chi connectivity index (χ1) is 12.2. The van der Waals surface area contributed by atoms with Crippen LogP contribution in [0.4, 0.5) is 11.6 Å². The van der Waals surface area contributed by atoms with Crippen LogP contribution in [0.25, 0.3) is 0 Å². The van der Waals surface area contributed by atoms with Crippen molar-refractivity contribution in [3.8, 4) is 0 Å². The second-order valence-corrected chi connectivity index (χ2v) is 6.16. The van der Waals surface area contributed by atoms with E-state index in [2.05, 4.69) is 26.8 Å². The standard InChI is InChI=1S/C18H20ClN5O/c1-2-6-20-18-21-12-14(13-22-18)17(25)24-9-7-23(8-10-24)16-5-3-4-15(19)11-16/h2-5,11-13H,1,6-10H2,(H,20,21,22). The molecule has 25 heavy (non-hydrogen) atoms. The van der Waals surface area contributed by atoms with E-state index in [0.29, 0.717) is 31.1 Å². The zero-order chi connectivity index (χ0) is 17.6. The lowest BCUT2D eigenvalue weighted by Crippen LogP contribution is -2.48. The molecule has 1 N–H and O–H groups in total. The molecule has 130 valence electrons. The van der Waals surface area contributed by atoms with E-state index in [0.717, 1.165) is 23.8 Å². The summed E-state index contributed by atoms with van der Waals surface area (Å²) in [6.07, 6.45) is 4.84. The predicted molar refractivity (Wildman–Crippen MR) is 100 cm³/mol. The van der Waals surface area contributed by atoms with Crippen molar-refractivity contribution in [3.05, 3.63) is 59.9 Å². The topological polar surface area (TPSA) is 61.4 Å². The minimum atomic E-state index is -0.0407. The molecule has 7 heteroatoms. The number of anilines is 2. The van der Waals surface area contributed by atoms with E-state index in [4.69, 9.17) is 11.6 Å². The van der Waals surface area contributed by atoms with E-state index < -0.39 is 0 Å². The fraction of sp³-hybridized carbons (Fsp3) is 0.278. The number of nitrogens with one attached hydrogen (secondary N) is 1. The van der Waals surface area contributed by atoms with E-state index in [1.54, 1.807) is 18.5 Å². The number of benzene rings is 1. The summed E-state index contributed by atoms with van der Waals surface area (Å²) in [5.74, 6) is 0.447. The van der Waals surface area contributed by atoms with Crippen LogP contribution in [0, 0.1) is 0 Å². The zero-order valence-corrected chi connectivity index (χ0v) is 14.6. The average Bonchev–Trinajstić information content (AvgIpc) is 2.66. The number of carbonyl (C=O) groups excluding carboxylic acids is 1. The molecule has 1 fully saturated rings. The van der Waals surface area contributed by atoms with E-state index >= 15 is 0 Å². The molecule has 0 aliphatic carbocycles. The van der Waals surface area contributed by atoms with Gasteiger partial charge < -0.3 is 15.1 Å². The van der Waals surface area contributed by atoms with Gasteiger partial charge in [0.2, 0.25) is 5.95 Å². The number of hydrogen-bond acceptors (Lipinski definition) is 5. The van der Waals surface area contributed by atoms with Crippen LogP contribution in [0.15, 0.2) is 49.3 Å². The van der Waals surface area contributed by atoms with Crippen LogP contribution < -0.4 is 10.2 Å². The third-order valence-corrected chi connectivity index (χ3v) is 4.28. The van der Waals surface area contributed by atoms with Gasteiger partial charge in [-0.3, -0.25) is 4.79 Å². The number of halogens is 1. The first kappa shape index (κ1) is 17.2. The molecular weight excluding hydrogens is 338 g/mol. The van der Waals surface area contributed by atoms with E-state index in [1.165, 1.54) is 0 Å². The summed E-state index contributed by atoms with van der Waals surface area (Å²) in [4.78, 5) is 25.0. The second kappa shape index (κ2) is 7.98. The lowest BCUT2D eigenvalue weighted by Gasteiger charge is -2.36. The summed E-state index contributed by atoms with van der Waals surface area (Å²) in [6, 6.07) is 7.78. The SMILES string of the molecule is C=CCNc1ncc(C(=O)N2CCN(c3cccc(Cl)c3)CC2)cn1. The predicted octanol–water partition coefficient (Wildman–Crippen LogP) is 2.69. The van der Waals surface area contributed by atoms with Crippen LogP contribution in [-0.2, 0) is 0 Å². The zero-order valence-electron chi connectivity index (χ0n) is 13.9. The highest BCUT2D eigenvalue weighted by Gasteiger charge is 2.22. The van der Waals surface area contributed by atoms with Crippen LogP contribution in [0.3, 0.4) is 0 Å². The highest BCUT2D eigenvalue weighted by molar-refractivity contribution is 6.30. The first-order valence-corrected chi connectivity index (χ1v) is 8.52. The summed E-state index contributed by atoms with van der Waals surface area (Å²) in [5, 5.41) is 3.71. The largest absolute Gasteiger partial charge is 0.368 e. The Bertz CT molecular complexity index is 741. The molecule has 1 saturated heterocycles. The number of rotatable bonds is 5. The van der Waals surface area contributed by atoms with Crippen molar-refractivity contribution in [2.75, 3.05) is 42.9 Å². The molecule has 0 radical (unpaired) electrons. The van der Waals surface area contributed by atoms with Gasteiger partial charge in [-0.2, -0.15) is 0 Å². The van der Waals surface area contributed by atoms with E-state index in [9.17, 15) is 4.79 Å². The van der Waals surface area contributed by atoms with E-state index in [1.807, 2.05) is 29.2 Å².